The highest BCUT2D eigenvalue weighted by Crippen LogP contribution is 2.18. The maximum atomic E-state index is 12.0. The summed E-state index contributed by atoms with van der Waals surface area (Å²) >= 11 is 0. The van der Waals surface area contributed by atoms with Crippen LogP contribution in [0.1, 0.15) is 43.7 Å². The molecule has 0 aliphatic rings. The number of aryl methyl sites for hydroxylation is 1. The second-order valence-electron chi connectivity index (χ2n) is 6.45. The number of hydrogen-bond acceptors (Lipinski definition) is 3. The summed E-state index contributed by atoms with van der Waals surface area (Å²) < 4.78 is 5.54. The van der Waals surface area contributed by atoms with E-state index < -0.39 is 0 Å². The Morgan fingerprint density at radius 1 is 1.04 bits per heavy atom. The third kappa shape index (κ3) is 6.71. The van der Waals surface area contributed by atoms with E-state index in [2.05, 4.69) is 24.4 Å². The number of hydrogen-bond donors (Lipinski definition) is 1. The van der Waals surface area contributed by atoms with Crippen molar-refractivity contribution < 1.29 is 14.3 Å². The molecule has 0 radical (unpaired) electrons. The molecule has 0 saturated carbocycles. The van der Waals surface area contributed by atoms with Crippen molar-refractivity contribution in [2.24, 2.45) is 0 Å². The molecule has 2 rings (SSSR count). The average Bonchev–Trinajstić information content (AvgIpc) is 2.67. The molecule has 0 fully saturated rings. The van der Waals surface area contributed by atoms with Crippen molar-refractivity contribution in [1.82, 2.24) is 5.32 Å². The molecule has 2 aromatic carbocycles. The Morgan fingerprint density at radius 3 is 2.35 bits per heavy atom. The van der Waals surface area contributed by atoms with Crippen molar-refractivity contribution in [2.75, 3.05) is 13.2 Å². The van der Waals surface area contributed by atoms with Crippen LogP contribution in [0.15, 0.2) is 54.6 Å². The predicted octanol–water partition coefficient (Wildman–Crippen LogP) is 3.90. The molecular formula is C22H27NO3. The number of benzene rings is 2. The zero-order valence-electron chi connectivity index (χ0n) is 15.5. The largest absolute Gasteiger partial charge is 0.484 e. The number of rotatable bonds is 10. The van der Waals surface area contributed by atoms with Crippen LogP contribution < -0.4 is 10.1 Å². The summed E-state index contributed by atoms with van der Waals surface area (Å²) in [6.45, 7) is 4.32. The van der Waals surface area contributed by atoms with Gasteiger partial charge < -0.3 is 14.8 Å². The van der Waals surface area contributed by atoms with Gasteiger partial charge in [-0.25, -0.2) is 0 Å². The Bertz CT molecular complexity index is 695. The molecule has 2 aromatic rings. The number of carbonyl (C=O) groups is 2. The first kappa shape index (κ1) is 19.7. The fraction of sp³-hybridized carbons (Fsp3) is 0.364. The van der Waals surface area contributed by atoms with Gasteiger partial charge in [0.2, 0.25) is 0 Å². The highest BCUT2D eigenvalue weighted by atomic mass is 16.5. The van der Waals surface area contributed by atoms with Crippen LogP contribution in [-0.2, 0) is 16.0 Å². The van der Waals surface area contributed by atoms with E-state index in [4.69, 9.17) is 4.74 Å². The Balaban J connectivity index is 1.75. The standard InChI is InChI=1S/C22H27NO3/c1-3-19(20-7-5-4-6-8-20)15-23-22(25)16-26-21-13-11-18(12-14-21)10-9-17(2)24/h4-8,11-14,19H,3,9-10,15-16H2,1-2H3,(H,23,25). The lowest BCUT2D eigenvalue weighted by Crippen LogP contribution is -2.32. The third-order valence-electron chi connectivity index (χ3n) is 4.37. The second kappa shape index (κ2) is 10.4. The summed E-state index contributed by atoms with van der Waals surface area (Å²) in [5.74, 6) is 1.02. The van der Waals surface area contributed by atoms with Gasteiger partial charge >= 0.3 is 0 Å². The first-order valence-electron chi connectivity index (χ1n) is 9.11. The number of carbonyl (C=O) groups excluding carboxylic acids is 2. The van der Waals surface area contributed by atoms with E-state index in [9.17, 15) is 9.59 Å². The summed E-state index contributed by atoms with van der Waals surface area (Å²) in [5.41, 5.74) is 2.32. The van der Waals surface area contributed by atoms with Crippen molar-refractivity contribution >= 4 is 11.7 Å². The number of amides is 1. The summed E-state index contributed by atoms with van der Waals surface area (Å²) in [4.78, 5) is 23.1. The molecule has 0 bridgehead atoms. The summed E-state index contributed by atoms with van der Waals surface area (Å²) in [6, 6.07) is 17.7. The molecular weight excluding hydrogens is 326 g/mol. The van der Waals surface area contributed by atoms with Gasteiger partial charge in [0.05, 0.1) is 0 Å². The maximum absolute atomic E-state index is 12.0. The van der Waals surface area contributed by atoms with E-state index in [1.165, 1.54) is 5.56 Å². The molecule has 1 amide bonds. The van der Waals surface area contributed by atoms with Crippen molar-refractivity contribution in [3.8, 4) is 5.75 Å². The molecule has 0 spiro atoms. The quantitative estimate of drug-likeness (QED) is 0.705. The minimum atomic E-state index is -0.125. The number of nitrogens with one attached hydrogen (secondary N) is 1. The molecule has 26 heavy (non-hydrogen) atoms. The van der Waals surface area contributed by atoms with Crippen LogP contribution in [0, 0.1) is 0 Å². The lowest BCUT2D eigenvalue weighted by Gasteiger charge is -2.16. The van der Waals surface area contributed by atoms with Gasteiger partial charge in [0.25, 0.3) is 5.91 Å². The topological polar surface area (TPSA) is 55.4 Å². The van der Waals surface area contributed by atoms with Crippen molar-refractivity contribution in [3.63, 3.8) is 0 Å². The third-order valence-corrected chi connectivity index (χ3v) is 4.37. The second-order valence-corrected chi connectivity index (χ2v) is 6.45. The summed E-state index contributed by atoms with van der Waals surface area (Å²) in [5, 5.41) is 2.95. The van der Waals surface area contributed by atoms with Crippen LogP contribution in [-0.4, -0.2) is 24.8 Å². The van der Waals surface area contributed by atoms with Gasteiger partial charge in [0, 0.05) is 18.9 Å². The maximum Gasteiger partial charge on any atom is 0.257 e. The normalized spacial score (nSPS) is 11.6. The lowest BCUT2D eigenvalue weighted by molar-refractivity contribution is -0.123. The number of ether oxygens (including phenoxy) is 1. The van der Waals surface area contributed by atoms with E-state index in [0.717, 1.165) is 18.4 Å². The van der Waals surface area contributed by atoms with Crippen LogP contribution >= 0.6 is 0 Å². The highest BCUT2D eigenvalue weighted by Gasteiger charge is 2.11. The number of ketones is 1. The van der Waals surface area contributed by atoms with Crippen molar-refractivity contribution in [2.45, 2.75) is 39.0 Å². The minimum absolute atomic E-state index is 0.00197. The van der Waals surface area contributed by atoms with Crippen LogP contribution in [0.3, 0.4) is 0 Å². The van der Waals surface area contributed by atoms with Gasteiger partial charge in [0.1, 0.15) is 11.5 Å². The Morgan fingerprint density at radius 2 is 1.73 bits per heavy atom. The van der Waals surface area contributed by atoms with E-state index in [1.807, 2.05) is 42.5 Å². The lowest BCUT2D eigenvalue weighted by atomic mass is 9.96. The average molecular weight is 353 g/mol. The van der Waals surface area contributed by atoms with Gasteiger partial charge in [-0.05, 0) is 43.0 Å². The predicted molar refractivity (Wildman–Crippen MR) is 103 cm³/mol. The SMILES string of the molecule is CCC(CNC(=O)COc1ccc(CCC(C)=O)cc1)c1ccccc1. The fourth-order valence-corrected chi connectivity index (χ4v) is 2.73. The van der Waals surface area contributed by atoms with Crippen LogP contribution in [0.5, 0.6) is 5.75 Å². The van der Waals surface area contributed by atoms with Crippen molar-refractivity contribution in [1.29, 1.82) is 0 Å². The molecule has 0 aliphatic carbocycles. The molecule has 1 atom stereocenters. The van der Waals surface area contributed by atoms with Gasteiger partial charge in [0.15, 0.2) is 6.61 Å². The summed E-state index contributed by atoms with van der Waals surface area (Å²) in [6.07, 6.45) is 2.24. The van der Waals surface area contributed by atoms with Crippen molar-refractivity contribution in [3.05, 3.63) is 65.7 Å². The fourth-order valence-electron chi connectivity index (χ4n) is 2.73. The van der Waals surface area contributed by atoms with Gasteiger partial charge in [-0.1, -0.05) is 49.4 Å². The highest BCUT2D eigenvalue weighted by molar-refractivity contribution is 5.77. The Kier molecular flexibility index (Phi) is 7.87. The molecule has 0 aliphatic heterocycles. The van der Waals surface area contributed by atoms with E-state index in [0.29, 0.717) is 24.6 Å². The molecule has 1 N–H and O–H groups in total. The van der Waals surface area contributed by atoms with Gasteiger partial charge in [-0.3, -0.25) is 4.79 Å². The Hall–Kier alpha value is -2.62. The molecule has 0 aromatic heterocycles. The zero-order chi connectivity index (χ0) is 18.8. The first-order chi connectivity index (χ1) is 12.6. The molecule has 138 valence electrons. The van der Waals surface area contributed by atoms with E-state index in [1.54, 1.807) is 6.92 Å². The molecule has 4 heteroatoms. The van der Waals surface area contributed by atoms with Gasteiger partial charge in [-0.2, -0.15) is 0 Å². The molecule has 0 saturated heterocycles. The van der Waals surface area contributed by atoms with E-state index >= 15 is 0 Å². The first-order valence-corrected chi connectivity index (χ1v) is 9.11. The number of Topliss-reactive ketones (excluding diaryl/α,β-unsaturated/α-hetero) is 1. The van der Waals surface area contributed by atoms with Gasteiger partial charge in [-0.15, -0.1) is 0 Å². The Labute approximate surface area is 155 Å². The molecule has 1 unspecified atom stereocenters. The molecule has 4 nitrogen and oxygen atoms in total. The smallest absolute Gasteiger partial charge is 0.257 e. The van der Waals surface area contributed by atoms with Crippen LogP contribution in [0.25, 0.3) is 0 Å². The van der Waals surface area contributed by atoms with E-state index in [-0.39, 0.29) is 18.3 Å². The van der Waals surface area contributed by atoms with Crippen LogP contribution in [0.2, 0.25) is 0 Å². The minimum Gasteiger partial charge on any atom is -0.484 e. The summed E-state index contributed by atoms with van der Waals surface area (Å²) in [7, 11) is 0. The zero-order valence-corrected chi connectivity index (χ0v) is 15.5. The monoisotopic (exact) mass is 353 g/mol. The molecule has 0 heterocycles. The van der Waals surface area contributed by atoms with Crippen LogP contribution in [0.4, 0.5) is 0 Å².